The van der Waals surface area contributed by atoms with E-state index < -0.39 is 0 Å². The van der Waals surface area contributed by atoms with E-state index in [4.69, 9.17) is 9.72 Å². The van der Waals surface area contributed by atoms with Crippen LogP contribution in [0.5, 0.6) is 11.5 Å². The van der Waals surface area contributed by atoms with Crippen LogP contribution in [0.2, 0.25) is 0 Å². The van der Waals surface area contributed by atoms with Crippen molar-refractivity contribution in [1.82, 2.24) is 10.3 Å². The first kappa shape index (κ1) is 18.4. The number of fused-ring (bicyclic) bond motifs is 1. The monoisotopic (exact) mass is 393 g/mol. The second kappa shape index (κ2) is 7.67. The number of piperidine rings is 1. The van der Waals surface area contributed by atoms with Gasteiger partial charge < -0.3 is 20.5 Å². The molecule has 3 aliphatic rings. The molecule has 1 aromatic heterocycles. The lowest BCUT2D eigenvalue weighted by Gasteiger charge is -2.28. The number of rotatable bonds is 5. The Bertz CT molecular complexity index is 933. The fourth-order valence-corrected chi connectivity index (χ4v) is 4.39. The Morgan fingerprint density at radius 1 is 1.21 bits per heavy atom. The third-order valence-corrected chi connectivity index (χ3v) is 6.19. The van der Waals surface area contributed by atoms with Crippen LogP contribution in [0.25, 0.3) is 11.3 Å². The summed E-state index contributed by atoms with van der Waals surface area (Å²) in [5, 5.41) is 17.1. The third-order valence-electron chi connectivity index (χ3n) is 6.19. The molecule has 6 nitrogen and oxygen atoms in total. The first-order chi connectivity index (χ1) is 14.2. The van der Waals surface area contributed by atoms with Crippen molar-refractivity contribution in [2.24, 2.45) is 5.92 Å². The molecule has 6 heteroatoms. The van der Waals surface area contributed by atoms with Gasteiger partial charge in [0.15, 0.2) is 0 Å². The van der Waals surface area contributed by atoms with E-state index in [2.05, 4.69) is 16.7 Å². The third kappa shape index (κ3) is 3.81. The van der Waals surface area contributed by atoms with Crippen molar-refractivity contribution in [3.05, 3.63) is 35.4 Å². The number of pyridine rings is 1. The summed E-state index contributed by atoms with van der Waals surface area (Å²) in [6, 6.07) is 7.46. The highest BCUT2D eigenvalue weighted by Crippen LogP contribution is 2.42. The molecule has 1 saturated heterocycles. The van der Waals surface area contributed by atoms with Gasteiger partial charge in [0.05, 0.1) is 17.9 Å². The minimum absolute atomic E-state index is 0.00244. The molecule has 2 aliphatic heterocycles. The molecule has 3 N–H and O–H groups in total. The minimum atomic E-state index is -0.00244. The van der Waals surface area contributed by atoms with Crippen LogP contribution in [0.4, 0.5) is 5.82 Å². The van der Waals surface area contributed by atoms with Crippen LogP contribution in [0.3, 0.4) is 0 Å². The number of aromatic nitrogens is 1. The SMILES string of the molecule is O=C1CCc2c(C3CCCNC3)cc(-c3c(O)cccc3OCC3CC3)nc2N1. The minimum Gasteiger partial charge on any atom is -0.507 e. The highest BCUT2D eigenvalue weighted by molar-refractivity contribution is 5.93. The highest BCUT2D eigenvalue weighted by atomic mass is 16.5. The summed E-state index contributed by atoms with van der Waals surface area (Å²) in [5.41, 5.74) is 3.64. The van der Waals surface area contributed by atoms with Crippen molar-refractivity contribution in [2.75, 3.05) is 25.0 Å². The molecular formula is C23H27N3O3. The summed E-state index contributed by atoms with van der Waals surface area (Å²) in [4.78, 5) is 16.8. The lowest BCUT2D eigenvalue weighted by Crippen LogP contribution is -2.30. The van der Waals surface area contributed by atoms with Gasteiger partial charge in [0, 0.05) is 13.0 Å². The molecule has 0 radical (unpaired) electrons. The standard InChI is InChI=1S/C23H27N3O3/c27-19-4-1-5-20(29-13-14-6-7-14)22(19)18-11-17(15-3-2-10-24-12-15)16-8-9-21(28)26-23(16)25-18/h1,4-5,11,14-15,24,27H,2-3,6-10,12-13H2,(H,25,26,28). The maximum Gasteiger partial charge on any atom is 0.225 e. The van der Waals surface area contributed by atoms with E-state index in [9.17, 15) is 9.90 Å². The van der Waals surface area contributed by atoms with Crippen LogP contribution in [-0.4, -0.2) is 35.7 Å². The smallest absolute Gasteiger partial charge is 0.225 e. The Morgan fingerprint density at radius 2 is 2.10 bits per heavy atom. The molecule has 29 heavy (non-hydrogen) atoms. The molecule has 1 amide bonds. The molecule has 1 saturated carbocycles. The van der Waals surface area contributed by atoms with E-state index in [0.29, 0.717) is 54.1 Å². The van der Waals surface area contributed by atoms with Gasteiger partial charge in [-0.3, -0.25) is 4.79 Å². The number of amides is 1. The molecule has 152 valence electrons. The van der Waals surface area contributed by atoms with Gasteiger partial charge in [-0.2, -0.15) is 0 Å². The lowest BCUT2D eigenvalue weighted by molar-refractivity contribution is -0.116. The predicted octanol–water partition coefficient (Wildman–Crippen LogP) is 3.59. The normalized spacial score (nSPS) is 21.4. The zero-order valence-electron chi connectivity index (χ0n) is 16.5. The van der Waals surface area contributed by atoms with Crippen molar-refractivity contribution in [1.29, 1.82) is 0 Å². The lowest BCUT2D eigenvalue weighted by atomic mass is 9.85. The first-order valence-corrected chi connectivity index (χ1v) is 10.7. The number of hydrogen-bond acceptors (Lipinski definition) is 5. The number of benzene rings is 1. The molecular weight excluding hydrogens is 366 g/mol. The average Bonchev–Trinajstić information content (AvgIpc) is 3.56. The number of carbonyl (C=O) groups is 1. The number of hydrogen-bond donors (Lipinski definition) is 3. The van der Waals surface area contributed by atoms with Crippen LogP contribution in [-0.2, 0) is 11.2 Å². The number of anilines is 1. The van der Waals surface area contributed by atoms with Crippen LogP contribution in [0, 0.1) is 5.92 Å². The molecule has 2 fully saturated rings. The molecule has 2 aromatic rings. The van der Waals surface area contributed by atoms with Gasteiger partial charge in [-0.05, 0) is 79.8 Å². The maximum atomic E-state index is 12.0. The number of phenolic OH excluding ortho intramolecular Hbond substituents is 1. The Labute approximate surface area is 170 Å². The predicted molar refractivity (Wildman–Crippen MR) is 111 cm³/mol. The summed E-state index contributed by atoms with van der Waals surface area (Å²) in [5.74, 6) is 2.44. The van der Waals surface area contributed by atoms with E-state index in [0.717, 1.165) is 31.5 Å². The summed E-state index contributed by atoms with van der Waals surface area (Å²) >= 11 is 0. The number of phenols is 1. The molecule has 5 rings (SSSR count). The summed E-state index contributed by atoms with van der Waals surface area (Å²) in [7, 11) is 0. The number of carbonyl (C=O) groups excluding carboxylic acids is 1. The van der Waals surface area contributed by atoms with Gasteiger partial charge in [-0.1, -0.05) is 6.07 Å². The number of nitrogens with one attached hydrogen (secondary N) is 2. The quantitative estimate of drug-likeness (QED) is 0.723. The summed E-state index contributed by atoms with van der Waals surface area (Å²) in [6.45, 7) is 2.64. The van der Waals surface area contributed by atoms with Crippen LogP contribution in [0.1, 0.15) is 49.1 Å². The Hall–Kier alpha value is -2.60. The summed E-state index contributed by atoms with van der Waals surface area (Å²) < 4.78 is 6.05. The summed E-state index contributed by atoms with van der Waals surface area (Å²) in [6.07, 6.45) is 5.87. The van der Waals surface area contributed by atoms with Crippen molar-refractivity contribution < 1.29 is 14.6 Å². The van der Waals surface area contributed by atoms with E-state index in [-0.39, 0.29) is 11.7 Å². The van der Waals surface area contributed by atoms with E-state index in [1.165, 1.54) is 18.4 Å². The van der Waals surface area contributed by atoms with Gasteiger partial charge in [-0.25, -0.2) is 4.98 Å². The van der Waals surface area contributed by atoms with E-state index in [1.54, 1.807) is 12.1 Å². The van der Waals surface area contributed by atoms with Crippen LogP contribution < -0.4 is 15.4 Å². The Kier molecular flexibility index (Phi) is 4.87. The molecule has 0 bridgehead atoms. The largest absolute Gasteiger partial charge is 0.507 e. The van der Waals surface area contributed by atoms with Crippen molar-refractivity contribution in [2.45, 2.75) is 44.4 Å². The molecule has 1 atom stereocenters. The Balaban J connectivity index is 1.59. The van der Waals surface area contributed by atoms with Crippen LogP contribution >= 0.6 is 0 Å². The van der Waals surface area contributed by atoms with E-state index >= 15 is 0 Å². The number of nitrogens with zero attached hydrogens (tertiary/aromatic N) is 1. The van der Waals surface area contributed by atoms with E-state index in [1.807, 2.05) is 6.07 Å². The van der Waals surface area contributed by atoms with Crippen LogP contribution in [0.15, 0.2) is 24.3 Å². The topological polar surface area (TPSA) is 83.5 Å². The fraction of sp³-hybridized carbons (Fsp3) is 0.478. The zero-order valence-corrected chi connectivity index (χ0v) is 16.5. The number of ether oxygens (including phenoxy) is 1. The average molecular weight is 393 g/mol. The first-order valence-electron chi connectivity index (χ1n) is 10.7. The number of aromatic hydroxyl groups is 1. The van der Waals surface area contributed by atoms with Gasteiger partial charge >= 0.3 is 0 Å². The molecule has 1 unspecified atom stereocenters. The van der Waals surface area contributed by atoms with Crippen molar-refractivity contribution in [3.63, 3.8) is 0 Å². The fourth-order valence-electron chi connectivity index (χ4n) is 4.39. The zero-order chi connectivity index (χ0) is 19.8. The van der Waals surface area contributed by atoms with Crippen molar-refractivity contribution in [3.8, 4) is 22.8 Å². The molecule has 3 heterocycles. The van der Waals surface area contributed by atoms with Gasteiger partial charge in [0.1, 0.15) is 17.3 Å². The molecule has 1 aromatic carbocycles. The molecule has 0 spiro atoms. The Morgan fingerprint density at radius 3 is 2.90 bits per heavy atom. The molecule has 1 aliphatic carbocycles. The second-order valence-corrected chi connectivity index (χ2v) is 8.42. The van der Waals surface area contributed by atoms with Gasteiger partial charge in [0.2, 0.25) is 5.91 Å². The van der Waals surface area contributed by atoms with Crippen molar-refractivity contribution >= 4 is 11.7 Å². The second-order valence-electron chi connectivity index (χ2n) is 8.42. The van der Waals surface area contributed by atoms with Gasteiger partial charge in [-0.15, -0.1) is 0 Å². The highest BCUT2D eigenvalue weighted by Gasteiger charge is 2.28. The maximum absolute atomic E-state index is 12.0. The van der Waals surface area contributed by atoms with Gasteiger partial charge in [0.25, 0.3) is 0 Å².